The van der Waals surface area contributed by atoms with Gasteiger partial charge in [0, 0.05) is 0 Å². The van der Waals surface area contributed by atoms with Gasteiger partial charge in [-0.15, -0.1) is 0 Å². The van der Waals surface area contributed by atoms with Gasteiger partial charge in [-0.1, -0.05) is 6.92 Å². The van der Waals surface area contributed by atoms with Crippen LogP contribution in [0.4, 0.5) is 14.6 Å². The molecule has 0 spiro atoms. The molecule has 1 rings (SSSR count). The van der Waals surface area contributed by atoms with E-state index in [-0.39, 0.29) is 5.88 Å². The lowest BCUT2D eigenvalue weighted by Crippen LogP contribution is -2.14. The normalized spacial score (nSPS) is 10.5. The number of hydrogen-bond acceptors (Lipinski definition) is 5. The first-order valence-electron chi connectivity index (χ1n) is 4.40. The van der Waals surface area contributed by atoms with Gasteiger partial charge in [-0.2, -0.15) is 0 Å². The van der Waals surface area contributed by atoms with Crippen LogP contribution in [0.25, 0.3) is 0 Å². The fraction of sp³-hybridized carbons (Fsp3) is 0.500. The summed E-state index contributed by atoms with van der Waals surface area (Å²) >= 11 is 0. The van der Waals surface area contributed by atoms with E-state index < -0.39 is 13.0 Å². The number of nitrogens with two attached hydrogens (primary N) is 1. The highest BCUT2D eigenvalue weighted by molar-refractivity contribution is 5.47. The minimum absolute atomic E-state index is 0.140. The van der Waals surface area contributed by atoms with Crippen LogP contribution in [0, 0.1) is 0 Å². The number of nitrogen functional groups attached to an aromatic ring is 1. The van der Waals surface area contributed by atoms with Crippen LogP contribution in [0.3, 0.4) is 0 Å². The van der Waals surface area contributed by atoms with Gasteiger partial charge in [0.15, 0.2) is 6.61 Å². The van der Waals surface area contributed by atoms with Crippen molar-refractivity contribution < 1.29 is 13.5 Å². The van der Waals surface area contributed by atoms with Crippen LogP contribution in [-0.4, -0.2) is 23.0 Å². The Balaban J connectivity index is 2.86. The Morgan fingerprint density at radius 2 is 2.27 bits per heavy atom. The van der Waals surface area contributed by atoms with Gasteiger partial charge in [-0.25, -0.2) is 24.6 Å². The Labute approximate surface area is 85.6 Å². The number of rotatable bonds is 5. The molecule has 0 amide bonds. The van der Waals surface area contributed by atoms with Crippen molar-refractivity contribution in [2.75, 3.05) is 12.0 Å². The van der Waals surface area contributed by atoms with E-state index in [0.29, 0.717) is 17.8 Å². The summed E-state index contributed by atoms with van der Waals surface area (Å²) in [4.78, 5) is 7.61. The van der Waals surface area contributed by atoms with Gasteiger partial charge in [0.05, 0.1) is 5.56 Å². The Morgan fingerprint density at radius 3 is 2.80 bits per heavy atom. The van der Waals surface area contributed by atoms with E-state index >= 15 is 0 Å². The monoisotopic (exact) mass is 218 g/mol. The van der Waals surface area contributed by atoms with Crippen molar-refractivity contribution in [1.82, 2.24) is 9.97 Å². The molecule has 0 saturated carbocycles. The number of anilines is 1. The summed E-state index contributed by atoms with van der Waals surface area (Å²) in [5.74, 6) is 5.73. The topological polar surface area (TPSA) is 73.1 Å². The van der Waals surface area contributed by atoms with Gasteiger partial charge >= 0.3 is 0 Å². The van der Waals surface area contributed by atoms with Crippen LogP contribution in [0.2, 0.25) is 0 Å². The van der Waals surface area contributed by atoms with Crippen molar-refractivity contribution in [3.8, 4) is 5.88 Å². The zero-order chi connectivity index (χ0) is 11.3. The Kier molecular flexibility index (Phi) is 4.17. The molecule has 0 saturated heterocycles. The molecule has 0 radical (unpaired) electrons. The number of nitrogens with one attached hydrogen (secondary N) is 1. The summed E-state index contributed by atoms with van der Waals surface area (Å²) < 4.78 is 28.7. The van der Waals surface area contributed by atoms with Crippen molar-refractivity contribution in [3.05, 3.63) is 11.9 Å². The van der Waals surface area contributed by atoms with E-state index in [1.165, 1.54) is 6.33 Å². The van der Waals surface area contributed by atoms with Crippen molar-refractivity contribution in [3.63, 3.8) is 0 Å². The van der Waals surface area contributed by atoms with E-state index in [1.807, 2.05) is 6.92 Å². The molecule has 0 aromatic carbocycles. The minimum Gasteiger partial charge on any atom is -0.471 e. The van der Waals surface area contributed by atoms with Crippen LogP contribution in [0.1, 0.15) is 12.5 Å². The third-order valence-corrected chi connectivity index (χ3v) is 1.74. The number of nitrogens with zero attached hydrogens (tertiary/aromatic N) is 2. The van der Waals surface area contributed by atoms with Crippen molar-refractivity contribution in [1.29, 1.82) is 0 Å². The molecular formula is C8H12F2N4O. The fourth-order valence-electron chi connectivity index (χ4n) is 1.11. The Hall–Kier alpha value is -1.50. The lowest BCUT2D eigenvalue weighted by molar-refractivity contribution is 0.0790. The Morgan fingerprint density at radius 1 is 1.53 bits per heavy atom. The molecule has 1 heterocycles. The third kappa shape index (κ3) is 2.98. The average Bonchev–Trinajstić information content (AvgIpc) is 2.25. The number of halogens is 2. The first-order valence-corrected chi connectivity index (χ1v) is 4.40. The van der Waals surface area contributed by atoms with Gasteiger partial charge < -0.3 is 10.2 Å². The summed E-state index contributed by atoms with van der Waals surface area (Å²) in [6.07, 6.45) is -0.785. The van der Waals surface area contributed by atoms with Crippen LogP contribution in [0.15, 0.2) is 6.33 Å². The molecular weight excluding hydrogens is 206 g/mol. The van der Waals surface area contributed by atoms with Crippen molar-refractivity contribution in [2.45, 2.75) is 19.8 Å². The highest BCUT2D eigenvalue weighted by atomic mass is 19.3. The van der Waals surface area contributed by atoms with Gasteiger partial charge in [0.1, 0.15) is 12.1 Å². The predicted molar refractivity (Wildman–Crippen MR) is 50.7 cm³/mol. The quantitative estimate of drug-likeness (QED) is 0.569. The first-order chi connectivity index (χ1) is 7.19. The molecule has 0 aliphatic heterocycles. The second kappa shape index (κ2) is 5.40. The SMILES string of the molecule is CCc1c(NN)ncnc1OCC(F)F. The summed E-state index contributed by atoms with van der Waals surface area (Å²) in [7, 11) is 0. The van der Waals surface area contributed by atoms with Crippen LogP contribution in [0.5, 0.6) is 5.88 Å². The highest BCUT2D eigenvalue weighted by Crippen LogP contribution is 2.21. The van der Waals surface area contributed by atoms with Gasteiger partial charge in [-0.3, -0.25) is 0 Å². The third-order valence-electron chi connectivity index (χ3n) is 1.74. The summed E-state index contributed by atoms with van der Waals surface area (Å²) in [6, 6.07) is 0. The summed E-state index contributed by atoms with van der Waals surface area (Å²) in [6.45, 7) is 1.14. The van der Waals surface area contributed by atoms with Gasteiger partial charge in [0.2, 0.25) is 5.88 Å². The second-order valence-electron chi connectivity index (χ2n) is 2.71. The van der Waals surface area contributed by atoms with E-state index in [4.69, 9.17) is 10.6 Å². The molecule has 1 aromatic rings. The molecule has 15 heavy (non-hydrogen) atoms. The molecule has 1 aromatic heterocycles. The smallest absolute Gasteiger partial charge is 0.272 e. The standard InChI is InChI=1S/C8H12F2N4O/c1-2-5-7(14-11)12-4-13-8(5)15-3-6(9)10/h4,6H,2-3,11H2,1H3,(H,12,13,14). The number of hydrogen-bond donors (Lipinski definition) is 2. The lowest BCUT2D eigenvalue weighted by atomic mass is 10.2. The average molecular weight is 218 g/mol. The summed E-state index contributed by atoms with van der Waals surface area (Å²) in [5.41, 5.74) is 2.94. The van der Waals surface area contributed by atoms with E-state index in [2.05, 4.69) is 15.4 Å². The van der Waals surface area contributed by atoms with Gasteiger partial charge in [-0.05, 0) is 6.42 Å². The molecule has 5 nitrogen and oxygen atoms in total. The molecule has 0 fully saturated rings. The maximum absolute atomic E-state index is 11.9. The summed E-state index contributed by atoms with van der Waals surface area (Å²) in [5, 5.41) is 0. The molecule has 7 heteroatoms. The Bertz CT molecular complexity index is 322. The number of aromatic nitrogens is 2. The lowest BCUT2D eigenvalue weighted by Gasteiger charge is -2.11. The van der Waals surface area contributed by atoms with Gasteiger partial charge in [0.25, 0.3) is 6.43 Å². The second-order valence-corrected chi connectivity index (χ2v) is 2.71. The zero-order valence-corrected chi connectivity index (χ0v) is 8.20. The maximum Gasteiger partial charge on any atom is 0.272 e. The highest BCUT2D eigenvalue weighted by Gasteiger charge is 2.12. The number of alkyl halides is 2. The predicted octanol–water partition coefficient (Wildman–Crippen LogP) is 0.968. The maximum atomic E-state index is 11.9. The largest absolute Gasteiger partial charge is 0.471 e. The van der Waals surface area contributed by atoms with Crippen molar-refractivity contribution >= 4 is 5.82 Å². The van der Waals surface area contributed by atoms with E-state index in [9.17, 15) is 8.78 Å². The molecule has 3 N–H and O–H groups in total. The van der Waals surface area contributed by atoms with Crippen LogP contribution in [-0.2, 0) is 6.42 Å². The molecule has 0 aliphatic carbocycles. The fourth-order valence-corrected chi connectivity index (χ4v) is 1.11. The number of hydrazine groups is 1. The van der Waals surface area contributed by atoms with Crippen LogP contribution >= 0.6 is 0 Å². The number of ether oxygens (including phenoxy) is 1. The molecule has 84 valence electrons. The molecule has 0 atom stereocenters. The molecule has 0 unspecified atom stereocenters. The zero-order valence-electron chi connectivity index (χ0n) is 8.20. The van der Waals surface area contributed by atoms with Crippen LogP contribution < -0.4 is 16.0 Å². The first kappa shape index (κ1) is 11.6. The van der Waals surface area contributed by atoms with E-state index in [1.54, 1.807) is 0 Å². The van der Waals surface area contributed by atoms with E-state index in [0.717, 1.165) is 0 Å². The molecule has 0 aliphatic rings. The minimum atomic E-state index is -2.53. The molecule has 0 bridgehead atoms. The van der Waals surface area contributed by atoms with Crippen molar-refractivity contribution in [2.24, 2.45) is 5.84 Å².